The van der Waals surface area contributed by atoms with Crippen molar-refractivity contribution in [3.63, 3.8) is 0 Å². The molecule has 1 aromatic heterocycles. The molecule has 0 aliphatic rings. The highest BCUT2D eigenvalue weighted by atomic mass is 16.3. The first kappa shape index (κ1) is 12.2. The molecule has 0 spiro atoms. The molecule has 1 heterocycles. The van der Waals surface area contributed by atoms with E-state index in [-0.39, 0.29) is 17.5 Å². The Hall–Kier alpha value is -2.23. The van der Waals surface area contributed by atoms with E-state index in [0.29, 0.717) is 5.56 Å². The van der Waals surface area contributed by atoms with Gasteiger partial charge in [0.05, 0.1) is 23.5 Å². The molecule has 3 N–H and O–H groups in total. The Morgan fingerprint density at radius 2 is 1.83 bits per heavy atom. The zero-order chi connectivity index (χ0) is 13.1. The Balaban J connectivity index is 2.28. The molecule has 1 aromatic carbocycles. The van der Waals surface area contributed by atoms with E-state index in [1.165, 1.54) is 0 Å². The maximum atomic E-state index is 9.79. The molecule has 4 heteroatoms. The summed E-state index contributed by atoms with van der Waals surface area (Å²) in [6.07, 6.45) is 3.45. The third-order valence-electron chi connectivity index (χ3n) is 2.90. The zero-order valence-electron chi connectivity index (χ0n) is 10.4. The summed E-state index contributed by atoms with van der Waals surface area (Å²) >= 11 is 0. The van der Waals surface area contributed by atoms with Gasteiger partial charge >= 0.3 is 0 Å². The number of aryl methyl sites for hydroxylation is 1. The van der Waals surface area contributed by atoms with Crippen LogP contribution in [-0.4, -0.2) is 15.2 Å². The van der Waals surface area contributed by atoms with Crippen LogP contribution in [0, 0.1) is 6.92 Å². The van der Waals surface area contributed by atoms with Crippen molar-refractivity contribution in [2.24, 2.45) is 0 Å². The lowest BCUT2D eigenvalue weighted by Crippen LogP contribution is -2.08. The molecule has 0 saturated carbocycles. The second kappa shape index (κ2) is 4.96. The van der Waals surface area contributed by atoms with Gasteiger partial charge in [-0.25, -0.2) is 0 Å². The highest BCUT2D eigenvalue weighted by molar-refractivity contribution is 5.53. The van der Waals surface area contributed by atoms with E-state index in [4.69, 9.17) is 0 Å². The molecule has 2 rings (SSSR count). The molecule has 0 aliphatic heterocycles. The summed E-state index contributed by atoms with van der Waals surface area (Å²) < 4.78 is 0. The minimum atomic E-state index is -0.214. The predicted molar refractivity (Wildman–Crippen MR) is 70.8 cm³/mol. The molecule has 1 unspecified atom stereocenters. The van der Waals surface area contributed by atoms with Crippen LogP contribution in [0.4, 0.5) is 5.69 Å². The van der Waals surface area contributed by atoms with Gasteiger partial charge in [0, 0.05) is 6.20 Å². The van der Waals surface area contributed by atoms with Crippen LogP contribution in [0.2, 0.25) is 0 Å². The summed E-state index contributed by atoms with van der Waals surface area (Å²) in [5, 5.41) is 22.8. The van der Waals surface area contributed by atoms with E-state index < -0.39 is 0 Å². The lowest BCUT2D eigenvalue weighted by Gasteiger charge is -2.18. The van der Waals surface area contributed by atoms with Gasteiger partial charge in [-0.05, 0) is 37.6 Å². The fourth-order valence-corrected chi connectivity index (χ4v) is 1.91. The van der Waals surface area contributed by atoms with E-state index in [0.717, 1.165) is 11.3 Å². The van der Waals surface area contributed by atoms with Crippen molar-refractivity contribution in [2.45, 2.75) is 19.9 Å². The number of nitrogens with one attached hydrogen (secondary N) is 1. The number of benzene rings is 1. The number of nitrogens with zero attached hydrogens (tertiary/aromatic N) is 1. The van der Waals surface area contributed by atoms with Gasteiger partial charge in [0.15, 0.2) is 0 Å². The number of phenols is 2. The van der Waals surface area contributed by atoms with Crippen molar-refractivity contribution in [3.8, 4) is 11.5 Å². The standard InChI is InChI=1S/C14H16N2O2/c1-9-6-7-15-8-11(9)16-10(2)14-12(17)4-3-5-13(14)18/h3-8,10,16-18H,1-2H3. The maximum absolute atomic E-state index is 9.79. The van der Waals surface area contributed by atoms with Crippen LogP contribution in [0.1, 0.15) is 24.1 Å². The molecule has 94 valence electrons. The minimum absolute atomic E-state index is 0.0801. The van der Waals surface area contributed by atoms with E-state index >= 15 is 0 Å². The first-order valence-corrected chi connectivity index (χ1v) is 5.77. The monoisotopic (exact) mass is 244 g/mol. The molecule has 0 aliphatic carbocycles. The third kappa shape index (κ3) is 2.37. The first-order chi connectivity index (χ1) is 8.59. The van der Waals surface area contributed by atoms with Gasteiger partial charge in [-0.2, -0.15) is 0 Å². The van der Waals surface area contributed by atoms with Gasteiger partial charge in [0.2, 0.25) is 0 Å². The minimum Gasteiger partial charge on any atom is -0.507 e. The van der Waals surface area contributed by atoms with Crippen molar-refractivity contribution in [2.75, 3.05) is 5.32 Å². The predicted octanol–water partition coefficient (Wildman–Crippen LogP) is 2.97. The Bertz CT molecular complexity index is 535. The highest BCUT2D eigenvalue weighted by Crippen LogP contribution is 2.34. The molecule has 1 atom stereocenters. The number of hydrogen-bond donors (Lipinski definition) is 3. The summed E-state index contributed by atoms with van der Waals surface area (Å²) in [5.41, 5.74) is 2.43. The van der Waals surface area contributed by atoms with Crippen LogP contribution in [0.25, 0.3) is 0 Å². The van der Waals surface area contributed by atoms with Crippen LogP contribution in [0.5, 0.6) is 11.5 Å². The molecular weight excluding hydrogens is 228 g/mol. The number of pyridine rings is 1. The average Bonchev–Trinajstić information content (AvgIpc) is 2.32. The summed E-state index contributed by atoms with van der Waals surface area (Å²) in [7, 11) is 0. The first-order valence-electron chi connectivity index (χ1n) is 5.77. The lowest BCUT2D eigenvalue weighted by molar-refractivity contribution is 0.434. The molecule has 0 saturated heterocycles. The highest BCUT2D eigenvalue weighted by Gasteiger charge is 2.15. The zero-order valence-corrected chi connectivity index (χ0v) is 10.4. The summed E-state index contributed by atoms with van der Waals surface area (Å²) in [4.78, 5) is 4.05. The van der Waals surface area contributed by atoms with Crippen molar-refractivity contribution in [1.82, 2.24) is 4.98 Å². The second-order valence-electron chi connectivity index (χ2n) is 4.27. The van der Waals surface area contributed by atoms with E-state index in [2.05, 4.69) is 10.3 Å². The normalized spacial score (nSPS) is 12.1. The Morgan fingerprint density at radius 3 is 2.44 bits per heavy atom. The van der Waals surface area contributed by atoms with Crippen molar-refractivity contribution >= 4 is 5.69 Å². The van der Waals surface area contributed by atoms with Gasteiger partial charge < -0.3 is 15.5 Å². The number of aromatic hydroxyl groups is 2. The molecule has 0 amide bonds. The Kier molecular flexibility index (Phi) is 3.37. The lowest BCUT2D eigenvalue weighted by atomic mass is 10.1. The molecule has 0 radical (unpaired) electrons. The van der Waals surface area contributed by atoms with Crippen molar-refractivity contribution < 1.29 is 10.2 Å². The Labute approximate surface area is 106 Å². The third-order valence-corrected chi connectivity index (χ3v) is 2.90. The number of hydrogen-bond acceptors (Lipinski definition) is 4. The average molecular weight is 244 g/mol. The van der Waals surface area contributed by atoms with Gasteiger partial charge in [-0.15, -0.1) is 0 Å². The molecule has 18 heavy (non-hydrogen) atoms. The van der Waals surface area contributed by atoms with Gasteiger partial charge in [0.1, 0.15) is 11.5 Å². The van der Waals surface area contributed by atoms with Gasteiger partial charge in [-0.1, -0.05) is 6.07 Å². The fourth-order valence-electron chi connectivity index (χ4n) is 1.91. The smallest absolute Gasteiger partial charge is 0.124 e. The van der Waals surface area contributed by atoms with Crippen LogP contribution >= 0.6 is 0 Å². The number of rotatable bonds is 3. The second-order valence-corrected chi connectivity index (χ2v) is 4.27. The SMILES string of the molecule is Cc1ccncc1NC(C)c1c(O)cccc1O. The molecule has 0 bridgehead atoms. The molecular formula is C14H16N2O2. The molecule has 0 fully saturated rings. The maximum Gasteiger partial charge on any atom is 0.124 e. The fraction of sp³-hybridized carbons (Fsp3) is 0.214. The number of anilines is 1. The van der Waals surface area contributed by atoms with Crippen LogP contribution in [-0.2, 0) is 0 Å². The summed E-state index contributed by atoms with van der Waals surface area (Å²) in [6.45, 7) is 3.85. The quantitative estimate of drug-likeness (QED) is 0.776. The largest absolute Gasteiger partial charge is 0.507 e. The van der Waals surface area contributed by atoms with Crippen molar-refractivity contribution in [3.05, 3.63) is 47.8 Å². The Morgan fingerprint density at radius 1 is 1.17 bits per heavy atom. The van der Waals surface area contributed by atoms with Gasteiger partial charge in [-0.3, -0.25) is 4.98 Å². The van der Waals surface area contributed by atoms with Crippen LogP contribution in [0.3, 0.4) is 0 Å². The number of phenolic OH excluding ortho intramolecular Hbond substituents is 2. The summed E-state index contributed by atoms with van der Waals surface area (Å²) in [6, 6.07) is 6.41. The van der Waals surface area contributed by atoms with E-state index in [1.54, 1.807) is 30.6 Å². The van der Waals surface area contributed by atoms with Crippen LogP contribution < -0.4 is 5.32 Å². The molecule has 2 aromatic rings. The van der Waals surface area contributed by atoms with Crippen LogP contribution in [0.15, 0.2) is 36.7 Å². The summed E-state index contributed by atoms with van der Waals surface area (Å²) in [5.74, 6) is 0.160. The number of aromatic nitrogens is 1. The van der Waals surface area contributed by atoms with E-state index in [1.807, 2.05) is 19.9 Å². The van der Waals surface area contributed by atoms with E-state index in [9.17, 15) is 10.2 Å². The van der Waals surface area contributed by atoms with Crippen molar-refractivity contribution in [1.29, 1.82) is 0 Å². The molecule has 4 nitrogen and oxygen atoms in total. The topological polar surface area (TPSA) is 65.4 Å². The van der Waals surface area contributed by atoms with Gasteiger partial charge in [0.25, 0.3) is 0 Å².